The molecule has 0 amide bonds. The fraction of sp³-hybridized carbons (Fsp3) is 0.714. The molecule has 2 atom stereocenters. The van der Waals surface area contributed by atoms with Gasteiger partial charge in [-0.25, -0.2) is 0 Å². The molecule has 2 rings (SSSR count). The van der Waals surface area contributed by atoms with Crippen molar-refractivity contribution in [2.24, 2.45) is 11.8 Å². The highest BCUT2D eigenvalue weighted by atomic mass is 32.1. The zero-order chi connectivity index (χ0) is 12.1. The van der Waals surface area contributed by atoms with Crippen LogP contribution in [0.1, 0.15) is 36.1 Å². The second-order valence-electron chi connectivity index (χ2n) is 5.14. The van der Waals surface area contributed by atoms with Crippen molar-refractivity contribution in [3.8, 4) is 0 Å². The summed E-state index contributed by atoms with van der Waals surface area (Å²) >= 11 is 1.83. The summed E-state index contributed by atoms with van der Waals surface area (Å²) in [5.74, 6) is 1.20. The van der Waals surface area contributed by atoms with Gasteiger partial charge in [0.25, 0.3) is 0 Å². The van der Waals surface area contributed by atoms with Crippen LogP contribution in [0.15, 0.2) is 11.4 Å². The fourth-order valence-electron chi connectivity index (χ4n) is 2.75. The largest absolute Gasteiger partial charge is 0.396 e. The first kappa shape index (κ1) is 13.1. The summed E-state index contributed by atoms with van der Waals surface area (Å²) < 4.78 is 0. The van der Waals surface area contributed by atoms with Gasteiger partial charge in [0, 0.05) is 18.0 Å². The summed E-state index contributed by atoms with van der Waals surface area (Å²) in [6.07, 6.45) is 5.12. The van der Waals surface area contributed by atoms with Crippen molar-refractivity contribution in [2.75, 3.05) is 13.2 Å². The zero-order valence-corrected chi connectivity index (χ0v) is 11.4. The number of rotatable bonds is 5. The summed E-state index contributed by atoms with van der Waals surface area (Å²) in [5, 5.41) is 15.1. The number of nitrogens with one attached hydrogen (secondary N) is 1. The summed E-state index contributed by atoms with van der Waals surface area (Å²) in [4.78, 5) is 1.45. The third kappa shape index (κ3) is 3.54. The fourth-order valence-corrected chi connectivity index (χ4v) is 3.63. The van der Waals surface area contributed by atoms with E-state index in [1.807, 2.05) is 11.3 Å². The van der Waals surface area contributed by atoms with Crippen LogP contribution in [0.25, 0.3) is 0 Å². The van der Waals surface area contributed by atoms with E-state index in [9.17, 15) is 5.11 Å². The summed E-state index contributed by atoms with van der Waals surface area (Å²) in [5.41, 5.74) is 1.39. The van der Waals surface area contributed by atoms with Gasteiger partial charge in [-0.05, 0) is 55.2 Å². The molecule has 0 radical (unpaired) electrons. The Morgan fingerprint density at radius 2 is 2.12 bits per heavy atom. The number of aliphatic hydroxyl groups is 1. The first-order valence-corrected chi connectivity index (χ1v) is 7.53. The predicted molar refractivity (Wildman–Crippen MR) is 73.3 cm³/mol. The van der Waals surface area contributed by atoms with Crippen LogP contribution in [0.3, 0.4) is 0 Å². The molecular weight excluding hydrogens is 230 g/mol. The van der Waals surface area contributed by atoms with Crippen LogP contribution in [0.2, 0.25) is 0 Å². The van der Waals surface area contributed by atoms with E-state index < -0.39 is 0 Å². The molecule has 17 heavy (non-hydrogen) atoms. The maximum Gasteiger partial charge on any atom is 0.0462 e. The molecule has 3 heteroatoms. The highest BCUT2D eigenvalue weighted by Crippen LogP contribution is 2.29. The van der Waals surface area contributed by atoms with Gasteiger partial charge in [0.05, 0.1) is 0 Å². The Kier molecular flexibility index (Phi) is 5.01. The minimum atomic E-state index is 0.365. The van der Waals surface area contributed by atoms with Gasteiger partial charge in [0.1, 0.15) is 0 Å². The van der Waals surface area contributed by atoms with E-state index >= 15 is 0 Å². The lowest BCUT2D eigenvalue weighted by molar-refractivity contribution is 0.133. The minimum absolute atomic E-state index is 0.365. The summed E-state index contributed by atoms with van der Waals surface area (Å²) in [6, 6.07) is 2.18. The molecule has 1 heterocycles. The number of hydrogen-bond acceptors (Lipinski definition) is 3. The lowest BCUT2D eigenvalue weighted by Crippen LogP contribution is -2.32. The standard InChI is InChI=1S/C14H23NOS/c1-11-6-7-17-14(11)9-15-8-12-4-2-3-5-13(12)10-16/h6-7,12-13,15-16H,2-5,8-10H2,1H3. The predicted octanol–water partition coefficient (Wildman–Crippen LogP) is 2.94. The maximum atomic E-state index is 9.36. The number of aryl methyl sites for hydroxylation is 1. The molecule has 1 aromatic rings. The van der Waals surface area contributed by atoms with E-state index in [2.05, 4.69) is 23.7 Å². The van der Waals surface area contributed by atoms with Crippen molar-refractivity contribution in [1.29, 1.82) is 0 Å². The highest BCUT2D eigenvalue weighted by Gasteiger charge is 2.23. The Morgan fingerprint density at radius 1 is 1.35 bits per heavy atom. The van der Waals surface area contributed by atoms with Gasteiger partial charge in [-0.1, -0.05) is 12.8 Å². The normalized spacial score (nSPS) is 25.1. The average Bonchev–Trinajstić information content (AvgIpc) is 2.76. The Morgan fingerprint density at radius 3 is 2.76 bits per heavy atom. The summed E-state index contributed by atoms with van der Waals surface area (Å²) in [6.45, 7) is 4.58. The maximum absolute atomic E-state index is 9.36. The molecule has 0 aromatic carbocycles. The van der Waals surface area contributed by atoms with Gasteiger partial charge >= 0.3 is 0 Å². The van der Waals surface area contributed by atoms with Crippen LogP contribution in [0.4, 0.5) is 0 Å². The van der Waals surface area contributed by atoms with E-state index in [0.717, 1.165) is 13.1 Å². The van der Waals surface area contributed by atoms with Gasteiger partial charge in [0.2, 0.25) is 0 Å². The molecular formula is C14H23NOS. The van der Waals surface area contributed by atoms with E-state index in [0.29, 0.717) is 18.4 Å². The molecule has 1 aliphatic rings. The first-order valence-electron chi connectivity index (χ1n) is 6.66. The molecule has 1 saturated carbocycles. The second-order valence-corrected chi connectivity index (χ2v) is 6.15. The molecule has 1 aliphatic carbocycles. The molecule has 2 N–H and O–H groups in total. The average molecular weight is 253 g/mol. The van der Waals surface area contributed by atoms with Crippen LogP contribution in [-0.4, -0.2) is 18.3 Å². The molecule has 2 nitrogen and oxygen atoms in total. The Labute approximate surface area is 108 Å². The Bertz CT molecular complexity index is 337. The van der Waals surface area contributed by atoms with E-state index in [1.54, 1.807) is 0 Å². The van der Waals surface area contributed by atoms with Gasteiger partial charge in [-0.2, -0.15) is 0 Å². The molecule has 1 fully saturated rings. The minimum Gasteiger partial charge on any atom is -0.396 e. The number of aliphatic hydroxyl groups excluding tert-OH is 1. The molecule has 0 saturated heterocycles. The lowest BCUT2D eigenvalue weighted by atomic mass is 9.79. The Balaban J connectivity index is 1.75. The molecule has 96 valence electrons. The quantitative estimate of drug-likeness (QED) is 0.845. The molecule has 0 spiro atoms. The first-order chi connectivity index (χ1) is 8.31. The topological polar surface area (TPSA) is 32.3 Å². The Hall–Kier alpha value is -0.380. The van der Waals surface area contributed by atoms with E-state index in [-0.39, 0.29) is 0 Å². The van der Waals surface area contributed by atoms with Crippen LogP contribution < -0.4 is 5.32 Å². The van der Waals surface area contributed by atoms with Crippen molar-refractivity contribution in [1.82, 2.24) is 5.32 Å². The number of hydrogen-bond donors (Lipinski definition) is 2. The van der Waals surface area contributed by atoms with Crippen LogP contribution in [0.5, 0.6) is 0 Å². The third-order valence-electron chi connectivity index (χ3n) is 3.96. The molecule has 1 aromatic heterocycles. The van der Waals surface area contributed by atoms with Gasteiger partial charge < -0.3 is 10.4 Å². The van der Waals surface area contributed by atoms with Crippen LogP contribution in [-0.2, 0) is 6.54 Å². The molecule has 2 unspecified atom stereocenters. The van der Waals surface area contributed by atoms with Gasteiger partial charge in [0.15, 0.2) is 0 Å². The zero-order valence-electron chi connectivity index (χ0n) is 10.6. The smallest absolute Gasteiger partial charge is 0.0462 e. The van der Waals surface area contributed by atoms with Crippen molar-refractivity contribution in [3.63, 3.8) is 0 Å². The van der Waals surface area contributed by atoms with Crippen LogP contribution in [0, 0.1) is 18.8 Å². The van der Waals surface area contributed by atoms with Gasteiger partial charge in [-0.15, -0.1) is 11.3 Å². The van der Waals surface area contributed by atoms with E-state index in [1.165, 1.54) is 36.1 Å². The number of thiophene rings is 1. The molecule has 0 aliphatic heterocycles. The van der Waals surface area contributed by atoms with Crippen molar-refractivity contribution in [3.05, 3.63) is 21.9 Å². The summed E-state index contributed by atoms with van der Waals surface area (Å²) in [7, 11) is 0. The highest BCUT2D eigenvalue weighted by molar-refractivity contribution is 7.10. The van der Waals surface area contributed by atoms with E-state index in [4.69, 9.17) is 0 Å². The van der Waals surface area contributed by atoms with Crippen LogP contribution >= 0.6 is 11.3 Å². The lowest BCUT2D eigenvalue weighted by Gasteiger charge is -2.30. The molecule has 0 bridgehead atoms. The third-order valence-corrected chi connectivity index (χ3v) is 4.98. The second kappa shape index (κ2) is 6.53. The SMILES string of the molecule is Cc1ccsc1CNCC1CCCCC1CO. The van der Waals surface area contributed by atoms with Crippen molar-refractivity contribution in [2.45, 2.75) is 39.2 Å². The van der Waals surface area contributed by atoms with Crippen molar-refractivity contribution >= 4 is 11.3 Å². The van der Waals surface area contributed by atoms with Crippen molar-refractivity contribution < 1.29 is 5.11 Å². The monoisotopic (exact) mass is 253 g/mol. The van der Waals surface area contributed by atoms with Gasteiger partial charge in [-0.3, -0.25) is 0 Å².